The molecule has 1 heterocycles. The van der Waals surface area contributed by atoms with Crippen LogP contribution in [0.15, 0.2) is 18.2 Å². The smallest absolute Gasteiger partial charge is 0.311 e. The number of aliphatic hydroxyl groups is 1. The van der Waals surface area contributed by atoms with Gasteiger partial charge < -0.3 is 19.3 Å². The Morgan fingerprint density at radius 2 is 2.12 bits per heavy atom. The Morgan fingerprint density at radius 1 is 1.41 bits per heavy atom. The second-order valence-electron chi connectivity index (χ2n) is 3.87. The van der Waals surface area contributed by atoms with E-state index < -0.39 is 18.0 Å². The van der Waals surface area contributed by atoms with Crippen LogP contribution in [0, 0.1) is 5.92 Å². The van der Waals surface area contributed by atoms with E-state index in [1.807, 2.05) is 0 Å². The predicted molar refractivity (Wildman–Crippen MR) is 58.7 cm³/mol. The summed E-state index contributed by atoms with van der Waals surface area (Å²) in [5.41, 5.74) is 0.604. The van der Waals surface area contributed by atoms with Gasteiger partial charge in [-0.1, -0.05) is 6.07 Å². The third kappa shape index (κ3) is 2.19. The van der Waals surface area contributed by atoms with Crippen LogP contribution in [-0.4, -0.2) is 25.0 Å². The van der Waals surface area contributed by atoms with Crippen LogP contribution in [0.5, 0.6) is 11.5 Å². The zero-order valence-corrected chi connectivity index (χ0v) is 9.67. The van der Waals surface area contributed by atoms with Crippen molar-refractivity contribution in [1.29, 1.82) is 0 Å². The van der Waals surface area contributed by atoms with Crippen molar-refractivity contribution in [3.8, 4) is 11.5 Å². The van der Waals surface area contributed by atoms with Gasteiger partial charge in [-0.2, -0.15) is 0 Å². The van der Waals surface area contributed by atoms with E-state index >= 15 is 0 Å². The van der Waals surface area contributed by atoms with Crippen molar-refractivity contribution in [2.75, 3.05) is 13.9 Å². The summed E-state index contributed by atoms with van der Waals surface area (Å²) in [4.78, 5) is 11.3. The molecule has 0 fully saturated rings. The number of carbonyl (C=O) groups excluding carboxylic acids is 1. The second kappa shape index (κ2) is 4.63. The van der Waals surface area contributed by atoms with Crippen LogP contribution in [0.4, 0.5) is 0 Å². The maximum absolute atomic E-state index is 11.3. The maximum Gasteiger partial charge on any atom is 0.311 e. The van der Waals surface area contributed by atoms with Crippen molar-refractivity contribution in [3.63, 3.8) is 0 Å². The summed E-state index contributed by atoms with van der Waals surface area (Å²) in [6.45, 7) is 1.79. The molecule has 1 aromatic rings. The van der Waals surface area contributed by atoms with Gasteiger partial charge in [-0.05, 0) is 24.6 Å². The van der Waals surface area contributed by atoms with Crippen LogP contribution < -0.4 is 9.47 Å². The van der Waals surface area contributed by atoms with Crippen LogP contribution in [0.3, 0.4) is 0 Å². The third-order valence-electron chi connectivity index (χ3n) is 2.78. The van der Waals surface area contributed by atoms with E-state index in [2.05, 4.69) is 4.74 Å². The zero-order valence-electron chi connectivity index (χ0n) is 9.67. The Balaban J connectivity index is 2.19. The summed E-state index contributed by atoms with van der Waals surface area (Å²) in [6, 6.07) is 5.09. The van der Waals surface area contributed by atoms with E-state index in [1.165, 1.54) is 7.11 Å². The molecular formula is C12H14O5. The minimum absolute atomic E-state index is 0.182. The average Bonchev–Trinajstić information content (AvgIpc) is 2.83. The number of hydrogen-bond acceptors (Lipinski definition) is 5. The van der Waals surface area contributed by atoms with E-state index in [0.29, 0.717) is 17.1 Å². The number of ether oxygens (including phenoxy) is 3. The molecule has 5 nitrogen and oxygen atoms in total. The molecule has 2 rings (SSSR count). The fourth-order valence-electron chi connectivity index (χ4n) is 1.70. The highest BCUT2D eigenvalue weighted by atomic mass is 16.7. The number of methoxy groups -OCH3 is 1. The highest BCUT2D eigenvalue weighted by Gasteiger charge is 2.25. The molecule has 0 aliphatic carbocycles. The van der Waals surface area contributed by atoms with Gasteiger partial charge in [0.15, 0.2) is 11.5 Å². The van der Waals surface area contributed by atoms with E-state index in [1.54, 1.807) is 25.1 Å². The second-order valence-corrected chi connectivity index (χ2v) is 3.87. The SMILES string of the molecule is COC(=O)[C@@H](C)[C@@H](O)c1ccc2c(c1)OCO2. The van der Waals surface area contributed by atoms with E-state index in [-0.39, 0.29) is 6.79 Å². The summed E-state index contributed by atoms with van der Waals surface area (Å²) in [6.07, 6.45) is -0.919. The van der Waals surface area contributed by atoms with Crippen molar-refractivity contribution in [1.82, 2.24) is 0 Å². The lowest BCUT2D eigenvalue weighted by Crippen LogP contribution is -2.20. The molecule has 0 unspecified atom stereocenters. The quantitative estimate of drug-likeness (QED) is 0.803. The van der Waals surface area contributed by atoms with Crippen molar-refractivity contribution in [3.05, 3.63) is 23.8 Å². The first-order valence-corrected chi connectivity index (χ1v) is 5.29. The minimum atomic E-state index is -0.919. The number of hydrogen-bond donors (Lipinski definition) is 1. The van der Waals surface area contributed by atoms with Gasteiger partial charge >= 0.3 is 5.97 Å². The van der Waals surface area contributed by atoms with Crippen molar-refractivity contribution < 1.29 is 24.1 Å². The van der Waals surface area contributed by atoms with Gasteiger partial charge in [-0.3, -0.25) is 4.79 Å². The highest BCUT2D eigenvalue weighted by Crippen LogP contribution is 2.35. The van der Waals surface area contributed by atoms with Crippen LogP contribution in [0.2, 0.25) is 0 Å². The van der Waals surface area contributed by atoms with E-state index in [9.17, 15) is 9.90 Å². The Hall–Kier alpha value is -1.75. The molecule has 1 aliphatic rings. The molecule has 0 spiro atoms. The molecule has 17 heavy (non-hydrogen) atoms. The molecular weight excluding hydrogens is 224 g/mol. The standard InChI is InChI=1S/C12H14O5/c1-7(12(14)15-2)11(13)8-3-4-9-10(5-8)17-6-16-9/h3-5,7,11,13H,6H2,1-2H3/t7-,11+/m0/s1. The minimum Gasteiger partial charge on any atom is -0.469 e. The number of aliphatic hydroxyl groups excluding tert-OH is 1. The summed E-state index contributed by atoms with van der Waals surface area (Å²) in [5, 5.41) is 10.0. The average molecular weight is 238 g/mol. The van der Waals surface area contributed by atoms with E-state index in [4.69, 9.17) is 9.47 Å². The molecule has 2 atom stereocenters. The Labute approximate surface area is 98.9 Å². The monoisotopic (exact) mass is 238 g/mol. The number of rotatable bonds is 3. The Kier molecular flexibility index (Phi) is 3.19. The molecule has 0 aromatic heterocycles. The number of esters is 1. The Morgan fingerprint density at radius 3 is 2.82 bits per heavy atom. The summed E-state index contributed by atoms with van der Waals surface area (Å²) < 4.78 is 15.0. The molecule has 1 N–H and O–H groups in total. The molecule has 0 saturated heterocycles. The normalized spacial score (nSPS) is 16.4. The number of carbonyl (C=O) groups is 1. The van der Waals surface area contributed by atoms with Gasteiger partial charge in [0.25, 0.3) is 0 Å². The first-order chi connectivity index (χ1) is 8.13. The third-order valence-corrected chi connectivity index (χ3v) is 2.78. The Bertz CT molecular complexity index is 429. The molecule has 1 aliphatic heterocycles. The summed E-state index contributed by atoms with van der Waals surface area (Å²) >= 11 is 0. The first-order valence-electron chi connectivity index (χ1n) is 5.29. The van der Waals surface area contributed by atoms with Crippen molar-refractivity contribution >= 4 is 5.97 Å². The van der Waals surface area contributed by atoms with Crippen LogP contribution >= 0.6 is 0 Å². The van der Waals surface area contributed by atoms with Crippen LogP contribution in [0.1, 0.15) is 18.6 Å². The van der Waals surface area contributed by atoms with Gasteiger partial charge in [-0.15, -0.1) is 0 Å². The molecule has 1 aromatic carbocycles. The fourth-order valence-corrected chi connectivity index (χ4v) is 1.70. The topological polar surface area (TPSA) is 65.0 Å². The molecule has 0 saturated carbocycles. The van der Waals surface area contributed by atoms with Gasteiger partial charge in [0.1, 0.15) is 0 Å². The molecule has 92 valence electrons. The highest BCUT2D eigenvalue weighted by molar-refractivity contribution is 5.72. The first kappa shape index (κ1) is 11.7. The van der Waals surface area contributed by atoms with Gasteiger partial charge in [-0.25, -0.2) is 0 Å². The maximum atomic E-state index is 11.3. The summed E-state index contributed by atoms with van der Waals surface area (Å²) in [5.74, 6) is 0.154. The molecule has 0 radical (unpaired) electrons. The van der Waals surface area contributed by atoms with E-state index in [0.717, 1.165) is 0 Å². The van der Waals surface area contributed by atoms with Gasteiger partial charge in [0.05, 0.1) is 19.1 Å². The lowest BCUT2D eigenvalue weighted by atomic mass is 9.97. The largest absolute Gasteiger partial charge is 0.469 e. The van der Waals surface area contributed by atoms with Crippen LogP contribution in [-0.2, 0) is 9.53 Å². The summed E-state index contributed by atoms with van der Waals surface area (Å²) in [7, 11) is 1.30. The van der Waals surface area contributed by atoms with Crippen LogP contribution in [0.25, 0.3) is 0 Å². The van der Waals surface area contributed by atoms with Crippen molar-refractivity contribution in [2.45, 2.75) is 13.0 Å². The van der Waals surface area contributed by atoms with Crippen molar-refractivity contribution in [2.24, 2.45) is 5.92 Å². The molecule has 0 amide bonds. The fraction of sp³-hybridized carbons (Fsp3) is 0.417. The molecule has 5 heteroatoms. The predicted octanol–water partition coefficient (Wildman–Crippen LogP) is 1.26. The molecule has 0 bridgehead atoms. The van der Waals surface area contributed by atoms with Gasteiger partial charge in [0, 0.05) is 0 Å². The number of fused-ring (bicyclic) bond motifs is 1. The number of benzene rings is 1. The van der Waals surface area contributed by atoms with Gasteiger partial charge in [0.2, 0.25) is 6.79 Å². The lowest BCUT2D eigenvalue weighted by molar-refractivity contribution is -0.148. The lowest BCUT2D eigenvalue weighted by Gasteiger charge is -2.17. The zero-order chi connectivity index (χ0) is 12.4.